The molecule has 1 aliphatic rings. The van der Waals surface area contributed by atoms with Gasteiger partial charge < -0.3 is 20.4 Å². The molecular formula is C14H27N3O4. The van der Waals surface area contributed by atoms with Crippen molar-refractivity contribution in [3.05, 3.63) is 0 Å². The van der Waals surface area contributed by atoms with Gasteiger partial charge in [0.15, 0.2) is 0 Å². The monoisotopic (exact) mass is 301 g/mol. The summed E-state index contributed by atoms with van der Waals surface area (Å²) in [5.74, 6) is -1.10. The Morgan fingerprint density at radius 1 is 1.24 bits per heavy atom. The lowest BCUT2D eigenvalue weighted by molar-refractivity contribution is -0.140. The average Bonchev–Trinajstić information content (AvgIpc) is 2.69. The van der Waals surface area contributed by atoms with Gasteiger partial charge in [-0.25, -0.2) is 9.59 Å². The van der Waals surface area contributed by atoms with Gasteiger partial charge >= 0.3 is 12.0 Å². The van der Waals surface area contributed by atoms with Crippen molar-refractivity contribution in [2.24, 2.45) is 5.92 Å². The molecular weight excluding hydrogens is 274 g/mol. The molecule has 0 aromatic carbocycles. The van der Waals surface area contributed by atoms with E-state index < -0.39 is 12.0 Å². The Morgan fingerprint density at radius 2 is 1.95 bits per heavy atom. The summed E-state index contributed by atoms with van der Waals surface area (Å²) in [6.07, 6.45) is 1.52. The molecule has 1 aliphatic heterocycles. The highest BCUT2D eigenvalue weighted by atomic mass is 16.4. The molecule has 0 aromatic rings. The number of amides is 2. The normalized spacial score (nSPS) is 19.7. The standard InChI is InChI=1S/C14H27N3O4/c1-3-11(2)12(13(19)20)15-14(21)17-6-4-5-16(7-8-17)9-10-18/h11-12,18H,3-10H2,1-2H3,(H,15,21)(H,19,20)/t11-,12-/m0/s1. The van der Waals surface area contributed by atoms with Crippen LogP contribution in [0.25, 0.3) is 0 Å². The second-order valence-corrected chi connectivity index (χ2v) is 5.56. The summed E-state index contributed by atoms with van der Waals surface area (Å²) >= 11 is 0. The van der Waals surface area contributed by atoms with E-state index in [4.69, 9.17) is 5.11 Å². The third-order valence-corrected chi connectivity index (χ3v) is 4.05. The van der Waals surface area contributed by atoms with Crippen LogP contribution in [-0.4, -0.2) is 77.4 Å². The molecule has 0 aromatic heterocycles. The highest BCUT2D eigenvalue weighted by Gasteiger charge is 2.28. The van der Waals surface area contributed by atoms with E-state index in [9.17, 15) is 14.7 Å². The van der Waals surface area contributed by atoms with Crippen molar-refractivity contribution in [2.45, 2.75) is 32.7 Å². The Hall–Kier alpha value is -1.34. The minimum Gasteiger partial charge on any atom is -0.480 e. The van der Waals surface area contributed by atoms with E-state index in [2.05, 4.69) is 10.2 Å². The number of rotatable bonds is 6. The van der Waals surface area contributed by atoms with Crippen molar-refractivity contribution in [3.63, 3.8) is 0 Å². The number of carbonyl (C=O) groups excluding carboxylic acids is 1. The lowest BCUT2D eigenvalue weighted by Crippen LogP contribution is -2.51. The van der Waals surface area contributed by atoms with Crippen LogP contribution in [-0.2, 0) is 4.79 Å². The first-order chi connectivity index (χ1) is 9.99. The molecule has 1 rings (SSSR count). The maximum absolute atomic E-state index is 12.2. The number of nitrogens with zero attached hydrogens (tertiary/aromatic N) is 2. The van der Waals surface area contributed by atoms with Crippen LogP contribution in [0.1, 0.15) is 26.7 Å². The molecule has 1 heterocycles. The lowest BCUT2D eigenvalue weighted by atomic mass is 9.99. The Morgan fingerprint density at radius 3 is 2.52 bits per heavy atom. The molecule has 1 saturated heterocycles. The largest absolute Gasteiger partial charge is 0.480 e. The fourth-order valence-corrected chi connectivity index (χ4v) is 2.45. The Kier molecular flexibility index (Phi) is 7.45. The molecule has 0 aliphatic carbocycles. The van der Waals surface area contributed by atoms with E-state index in [1.165, 1.54) is 0 Å². The van der Waals surface area contributed by atoms with Crippen LogP contribution < -0.4 is 5.32 Å². The first-order valence-electron chi connectivity index (χ1n) is 7.61. The van der Waals surface area contributed by atoms with Gasteiger partial charge in [-0.3, -0.25) is 4.90 Å². The molecule has 7 nitrogen and oxygen atoms in total. The number of nitrogens with one attached hydrogen (secondary N) is 1. The molecule has 0 unspecified atom stereocenters. The SMILES string of the molecule is CC[C@H](C)[C@H](NC(=O)N1CCCN(CCO)CC1)C(=O)O. The van der Waals surface area contributed by atoms with Crippen molar-refractivity contribution in [1.29, 1.82) is 0 Å². The van der Waals surface area contributed by atoms with Gasteiger partial charge in [-0.2, -0.15) is 0 Å². The van der Waals surface area contributed by atoms with Crippen LogP contribution in [0.3, 0.4) is 0 Å². The van der Waals surface area contributed by atoms with Crippen LogP contribution in [0.15, 0.2) is 0 Å². The average molecular weight is 301 g/mol. The maximum atomic E-state index is 12.2. The van der Waals surface area contributed by atoms with Crippen molar-refractivity contribution >= 4 is 12.0 Å². The number of β-amino-alcohol motifs (C(OH)–C–C–N with tert-alkyl or cyclic N) is 1. The second kappa shape index (κ2) is 8.84. The number of aliphatic hydroxyl groups excluding tert-OH is 1. The van der Waals surface area contributed by atoms with E-state index >= 15 is 0 Å². The summed E-state index contributed by atoms with van der Waals surface area (Å²) in [6, 6.07) is -1.16. The molecule has 3 N–H and O–H groups in total. The van der Waals surface area contributed by atoms with E-state index in [1.807, 2.05) is 13.8 Å². The number of carboxylic acid groups (broad SMARTS) is 1. The number of hydrogen-bond donors (Lipinski definition) is 3. The van der Waals surface area contributed by atoms with Gasteiger partial charge in [0.1, 0.15) is 6.04 Å². The fraction of sp³-hybridized carbons (Fsp3) is 0.857. The number of aliphatic carboxylic acids is 1. The summed E-state index contributed by atoms with van der Waals surface area (Å²) in [5.41, 5.74) is 0. The first-order valence-corrected chi connectivity index (χ1v) is 7.61. The molecule has 2 amide bonds. The van der Waals surface area contributed by atoms with E-state index in [-0.39, 0.29) is 18.6 Å². The minimum absolute atomic E-state index is 0.107. The Bertz CT molecular complexity index is 351. The van der Waals surface area contributed by atoms with Crippen LogP contribution >= 0.6 is 0 Å². The van der Waals surface area contributed by atoms with Crippen molar-refractivity contribution in [2.75, 3.05) is 39.3 Å². The Balaban J connectivity index is 2.55. The van der Waals surface area contributed by atoms with Crippen molar-refractivity contribution in [1.82, 2.24) is 15.1 Å². The van der Waals surface area contributed by atoms with Crippen LogP contribution in [0, 0.1) is 5.92 Å². The lowest BCUT2D eigenvalue weighted by Gasteiger charge is -2.26. The zero-order valence-electron chi connectivity index (χ0n) is 12.9. The summed E-state index contributed by atoms with van der Waals surface area (Å²) in [6.45, 7) is 7.17. The molecule has 0 spiro atoms. The summed E-state index contributed by atoms with van der Waals surface area (Å²) in [5, 5.41) is 20.8. The molecule has 21 heavy (non-hydrogen) atoms. The number of urea groups is 1. The predicted molar refractivity (Wildman–Crippen MR) is 79.1 cm³/mol. The van der Waals surface area contributed by atoms with Crippen LogP contribution in [0.4, 0.5) is 4.79 Å². The van der Waals surface area contributed by atoms with E-state index in [0.717, 1.165) is 13.0 Å². The van der Waals surface area contributed by atoms with Crippen molar-refractivity contribution < 1.29 is 19.8 Å². The zero-order chi connectivity index (χ0) is 15.8. The quantitative estimate of drug-likeness (QED) is 0.651. The van der Waals surface area contributed by atoms with Crippen LogP contribution in [0.2, 0.25) is 0 Å². The molecule has 122 valence electrons. The first kappa shape index (κ1) is 17.7. The van der Waals surface area contributed by atoms with Gasteiger partial charge in [0.25, 0.3) is 0 Å². The molecule has 0 bridgehead atoms. The summed E-state index contributed by atoms with van der Waals surface area (Å²) in [4.78, 5) is 27.3. The predicted octanol–water partition coefficient (Wildman–Crippen LogP) is 0.195. The highest BCUT2D eigenvalue weighted by molar-refractivity contribution is 5.82. The molecule has 0 radical (unpaired) electrons. The molecule has 1 fully saturated rings. The van der Waals surface area contributed by atoms with E-state index in [1.54, 1.807) is 4.90 Å². The highest BCUT2D eigenvalue weighted by Crippen LogP contribution is 2.10. The van der Waals surface area contributed by atoms with Gasteiger partial charge in [-0.1, -0.05) is 20.3 Å². The zero-order valence-corrected chi connectivity index (χ0v) is 12.9. The summed E-state index contributed by atoms with van der Waals surface area (Å²) < 4.78 is 0. The van der Waals surface area contributed by atoms with Crippen LogP contribution in [0.5, 0.6) is 0 Å². The minimum atomic E-state index is -0.991. The third kappa shape index (κ3) is 5.51. The summed E-state index contributed by atoms with van der Waals surface area (Å²) in [7, 11) is 0. The van der Waals surface area contributed by atoms with Gasteiger partial charge in [-0.15, -0.1) is 0 Å². The third-order valence-electron chi connectivity index (χ3n) is 4.05. The number of carboxylic acids is 1. The van der Waals surface area contributed by atoms with Gasteiger partial charge in [0.05, 0.1) is 6.61 Å². The Labute approximate surface area is 125 Å². The molecule has 2 atom stereocenters. The van der Waals surface area contributed by atoms with E-state index in [0.29, 0.717) is 32.6 Å². The number of hydrogen-bond acceptors (Lipinski definition) is 4. The van der Waals surface area contributed by atoms with Gasteiger partial charge in [-0.05, 0) is 18.9 Å². The maximum Gasteiger partial charge on any atom is 0.326 e. The van der Waals surface area contributed by atoms with Gasteiger partial charge in [0, 0.05) is 26.2 Å². The van der Waals surface area contributed by atoms with Gasteiger partial charge in [0.2, 0.25) is 0 Å². The fourth-order valence-electron chi connectivity index (χ4n) is 2.45. The number of aliphatic hydroxyl groups is 1. The molecule has 7 heteroatoms. The smallest absolute Gasteiger partial charge is 0.326 e. The molecule has 0 saturated carbocycles. The van der Waals surface area contributed by atoms with Crippen molar-refractivity contribution in [3.8, 4) is 0 Å². The topological polar surface area (TPSA) is 93.1 Å². The second-order valence-electron chi connectivity index (χ2n) is 5.56. The number of carbonyl (C=O) groups is 2.